The van der Waals surface area contributed by atoms with Crippen molar-refractivity contribution in [3.63, 3.8) is 0 Å². The normalized spacial score (nSPS) is 10.3. The Morgan fingerprint density at radius 1 is 1.22 bits per heavy atom. The minimum absolute atomic E-state index is 0. The van der Waals surface area contributed by atoms with E-state index in [2.05, 4.69) is 20.4 Å². The van der Waals surface area contributed by atoms with Gasteiger partial charge in [0.25, 0.3) is 11.3 Å². The van der Waals surface area contributed by atoms with Gasteiger partial charge < -0.3 is 10.1 Å². The number of nitrogens with one attached hydrogen (secondary N) is 2. The number of nitrogens with zero attached hydrogens (tertiary/aromatic N) is 3. The molecule has 0 spiro atoms. The predicted octanol–water partition coefficient (Wildman–Crippen LogP) is 1.51. The molecular weight excluding hydrogens is 374 g/mol. The highest BCUT2D eigenvalue weighted by atomic mass is 35.5. The number of carbonyl (C=O) groups excluding carboxylic acids is 2. The van der Waals surface area contributed by atoms with Crippen LogP contribution in [-0.2, 0) is 16.0 Å². The van der Waals surface area contributed by atoms with E-state index in [0.29, 0.717) is 29.4 Å². The molecule has 2 N–H and O–H groups in total. The van der Waals surface area contributed by atoms with E-state index in [4.69, 9.17) is 4.74 Å². The largest absolute Gasteiger partial charge is 0.462 e. The topological polar surface area (TPSA) is 118 Å². The van der Waals surface area contributed by atoms with Crippen LogP contribution >= 0.6 is 12.4 Å². The first-order valence-electron chi connectivity index (χ1n) is 7.98. The van der Waals surface area contributed by atoms with Gasteiger partial charge in [-0.05, 0) is 38.1 Å². The molecule has 0 fully saturated rings. The average Bonchev–Trinajstić information content (AvgIpc) is 2.98. The summed E-state index contributed by atoms with van der Waals surface area (Å²) in [4.78, 5) is 43.9. The molecule has 2 aromatic heterocycles. The Kier molecular flexibility index (Phi) is 6.30. The third kappa shape index (κ3) is 4.70. The van der Waals surface area contributed by atoms with Gasteiger partial charge in [-0.1, -0.05) is 0 Å². The zero-order valence-corrected chi connectivity index (χ0v) is 15.5. The van der Waals surface area contributed by atoms with Gasteiger partial charge in [0.1, 0.15) is 5.82 Å². The molecule has 0 aliphatic carbocycles. The highest BCUT2D eigenvalue weighted by Crippen LogP contribution is 2.11. The number of halogens is 1. The van der Waals surface area contributed by atoms with Crippen LogP contribution in [-0.4, -0.2) is 38.1 Å². The minimum Gasteiger partial charge on any atom is -0.462 e. The second-order valence-corrected chi connectivity index (χ2v) is 5.56. The molecule has 1 aromatic carbocycles. The molecule has 0 saturated carbocycles. The number of aromatic amines is 1. The van der Waals surface area contributed by atoms with E-state index in [1.54, 1.807) is 38.1 Å². The van der Waals surface area contributed by atoms with Gasteiger partial charge in [-0.2, -0.15) is 9.50 Å². The Balaban J connectivity index is 0.00000261. The molecule has 1 amide bonds. The SMILES string of the molecule is CCOC(=O)c1ccc(NC(=O)Cc2nc3nc(C)cc(=O)n3[nH]2)cc1.Cl. The van der Waals surface area contributed by atoms with Crippen molar-refractivity contribution in [3.05, 3.63) is 57.8 Å². The fraction of sp³-hybridized carbons (Fsp3) is 0.235. The zero-order valence-electron chi connectivity index (χ0n) is 14.7. The lowest BCUT2D eigenvalue weighted by Gasteiger charge is -2.05. The summed E-state index contributed by atoms with van der Waals surface area (Å²) >= 11 is 0. The molecule has 0 radical (unpaired) electrons. The van der Waals surface area contributed by atoms with Crippen molar-refractivity contribution in [2.24, 2.45) is 0 Å². The van der Waals surface area contributed by atoms with Crippen LogP contribution in [0.25, 0.3) is 5.78 Å². The first-order chi connectivity index (χ1) is 12.5. The van der Waals surface area contributed by atoms with Gasteiger partial charge in [0.2, 0.25) is 5.91 Å². The number of rotatable bonds is 5. The Morgan fingerprint density at radius 3 is 2.59 bits per heavy atom. The molecule has 3 aromatic rings. The molecule has 27 heavy (non-hydrogen) atoms. The number of H-pyrrole nitrogens is 1. The quantitative estimate of drug-likeness (QED) is 0.636. The molecule has 3 rings (SSSR count). The number of amides is 1. The average molecular weight is 392 g/mol. The number of carbonyl (C=O) groups is 2. The van der Waals surface area contributed by atoms with Crippen LogP contribution < -0.4 is 10.9 Å². The number of esters is 1. The first-order valence-corrected chi connectivity index (χ1v) is 7.98. The molecule has 0 atom stereocenters. The number of aryl methyl sites for hydroxylation is 1. The second-order valence-electron chi connectivity index (χ2n) is 5.56. The van der Waals surface area contributed by atoms with Crippen LogP contribution in [0.3, 0.4) is 0 Å². The maximum absolute atomic E-state index is 12.2. The van der Waals surface area contributed by atoms with Crippen LogP contribution in [0, 0.1) is 6.92 Å². The summed E-state index contributed by atoms with van der Waals surface area (Å²) in [6.45, 7) is 3.73. The second kappa shape index (κ2) is 8.45. The summed E-state index contributed by atoms with van der Waals surface area (Å²) in [5.41, 5.74) is 1.20. The summed E-state index contributed by atoms with van der Waals surface area (Å²) in [6.07, 6.45) is -0.0541. The summed E-state index contributed by atoms with van der Waals surface area (Å²) in [5.74, 6) is -0.198. The van der Waals surface area contributed by atoms with E-state index in [0.717, 1.165) is 0 Å². The first kappa shape index (κ1) is 20.1. The van der Waals surface area contributed by atoms with Crippen LogP contribution in [0.4, 0.5) is 5.69 Å². The van der Waals surface area contributed by atoms with Crippen molar-refractivity contribution in [1.82, 2.24) is 19.6 Å². The Bertz CT molecular complexity index is 1030. The molecule has 2 heterocycles. The number of anilines is 1. The van der Waals surface area contributed by atoms with E-state index >= 15 is 0 Å². The number of hydrogen-bond acceptors (Lipinski definition) is 6. The molecule has 0 saturated heterocycles. The Labute approximate surface area is 160 Å². The molecule has 0 bridgehead atoms. The van der Waals surface area contributed by atoms with E-state index in [1.165, 1.54) is 10.6 Å². The molecule has 10 heteroatoms. The van der Waals surface area contributed by atoms with E-state index in [1.807, 2.05) is 0 Å². The fourth-order valence-corrected chi connectivity index (χ4v) is 2.38. The maximum atomic E-state index is 12.2. The molecule has 142 valence electrons. The van der Waals surface area contributed by atoms with Crippen molar-refractivity contribution in [1.29, 1.82) is 0 Å². The summed E-state index contributed by atoms with van der Waals surface area (Å²) < 4.78 is 6.09. The third-order valence-corrected chi connectivity index (χ3v) is 3.51. The van der Waals surface area contributed by atoms with E-state index in [9.17, 15) is 14.4 Å². The van der Waals surface area contributed by atoms with Gasteiger partial charge in [-0.15, -0.1) is 12.4 Å². The van der Waals surface area contributed by atoms with E-state index < -0.39 is 5.97 Å². The van der Waals surface area contributed by atoms with Crippen molar-refractivity contribution in [3.8, 4) is 0 Å². The summed E-state index contributed by atoms with van der Waals surface area (Å²) in [6, 6.07) is 7.73. The number of ether oxygens (including phenoxy) is 1. The summed E-state index contributed by atoms with van der Waals surface area (Å²) in [7, 11) is 0. The number of fused-ring (bicyclic) bond motifs is 1. The smallest absolute Gasteiger partial charge is 0.338 e. The van der Waals surface area contributed by atoms with Crippen molar-refractivity contribution < 1.29 is 14.3 Å². The highest BCUT2D eigenvalue weighted by molar-refractivity contribution is 5.93. The monoisotopic (exact) mass is 391 g/mol. The molecular formula is C17H18ClN5O4. The fourth-order valence-electron chi connectivity index (χ4n) is 2.38. The van der Waals surface area contributed by atoms with Crippen LogP contribution in [0.15, 0.2) is 35.1 Å². The molecule has 0 aliphatic heterocycles. The van der Waals surface area contributed by atoms with Crippen LogP contribution in [0.5, 0.6) is 0 Å². The van der Waals surface area contributed by atoms with Crippen molar-refractivity contribution >= 4 is 35.7 Å². The molecule has 0 unspecified atom stereocenters. The number of aromatic nitrogens is 4. The van der Waals surface area contributed by atoms with Crippen molar-refractivity contribution in [2.75, 3.05) is 11.9 Å². The van der Waals surface area contributed by atoms with Gasteiger partial charge in [-0.3, -0.25) is 14.7 Å². The van der Waals surface area contributed by atoms with Crippen LogP contribution in [0.2, 0.25) is 0 Å². The minimum atomic E-state index is -0.416. The third-order valence-electron chi connectivity index (χ3n) is 3.51. The summed E-state index contributed by atoms with van der Waals surface area (Å²) in [5, 5.41) is 5.45. The van der Waals surface area contributed by atoms with Gasteiger partial charge in [0.05, 0.1) is 18.6 Å². The number of benzene rings is 1. The lowest BCUT2D eigenvalue weighted by atomic mass is 10.2. The maximum Gasteiger partial charge on any atom is 0.338 e. The Morgan fingerprint density at radius 2 is 1.93 bits per heavy atom. The van der Waals surface area contributed by atoms with Gasteiger partial charge in [0.15, 0.2) is 0 Å². The van der Waals surface area contributed by atoms with Crippen LogP contribution in [0.1, 0.15) is 28.8 Å². The van der Waals surface area contributed by atoms with Gasteiger partial charge >= 0.3 is 5.97 Å². The lowest BCUT2D eigenvalue weighted by Crippen LogP contribution is -2.17. The highest BCUT2D eigenvalue weighted by Gasteiger charge is 2.11. The number of hydrogen-bond donors (Lipinski definition) is 2. The zero-order chi connectivity index (χ0) is 18.7. The van der Waals surface area contributed by atoms with Gasteiger partial charge in [0, 0.05) is 17.4 Å². The van der Waals surface area contributed by atoms with Gasteiger partial charge in [-0.25, -0.2) is 9.78 Å². The standard InChI is InChI=1S/C17H17N5O4.ClH/c1-3-26-16(25)11-4-6-12(7-5-11)19-14(23)9-13-20-17-18-10(2)8-15(24)22(17)21-13;/h4-8H,3,9H2,1-2H3,(H,19,23)(H,18,20,21);1H. The molecule has 0 aliphatic rings. The Hall–Kier alpha value is -3.20. The lowest BCUT2D eigenvalue weighted by molar-refractivity contribution is -0.115. The molecule has 9 nitrogen and oxygen atoms in total. The van der Waals surface area contributed by atoms with Crippen molar-refractivity contribution in [2.45, 2.75) is 20.3 Å². The predicted molar refractivity (Wildman–Crippen MR) is 100 cm³/mol. The van der Waals surface area contributed by atoms with E-state index in [-0.39, 0.29) is 36.1 Å².